The summed E-state index contributed by atoms with van der Waals surface area (Å²) in [7, 11) is 0. The van der Waals surface area contributed by atoms with Crippen molar-refractivity contribution in [1.29, 1.82) is 0 Å². The SMILES string of the molecule is O=C(Nc1ccc(F)cc1)N1CCN(c2c(F)cccc2F)CC1. The van der Waals surface area contributed by atoms with Gasteiger partial charge in [0.25, 0.3) is 0 Å². The smallest absolute Gasteiger partial charge is 0.321 e. The summed E-state index contributed by atoms with van der Waals surface area (Å²) in [6, 6.07) is 8.88. The van der Waals surface area contributed by atoms with E-state index in [1.807, 2.05) is 0 Å². The van der Waals surface area contributed by atoms with E-state index in [1.165, 1.54) is 42.5 Å². The van der Waals surface area contributed by atoms with Crippen LogP contribution in [0.2, 0.25) is 0 Å². The van der Waals surface area contributed by atoms with Crippen LogP contribution in [-0.4, -0.2) is 37.1 Å². The summed E-state index contributed by atoms with van der Waals surface area (Å²) in [6.07, 6.45) is 0. The van der Waals surface area contributed by atoms with Gasteiger partial charge in [-0.15, -0.1) is 0 Å². The lowest BCUT2D eigenvalue weighted by molar-refractivity contribution is 0.208. The first kappa shape index (κ1) is 16.2. The first-order valence-corrected chi connectivity index (χ1v) is 7.55. The van der Waals surface area contributed by atoms with Gasteiger partial charge in [0.15, 0.2) is 0 Å². The molecule has 0 radical (unpaired) electrons. The molecular weight excluding hydrogens is 319 g/mol. The number of halogens is 3. The predicted octanol–water partition coefficient (Wildman–Crippen LogP) is 3.46. The molecule has 3 rings (SSSR count). The summed E-state index contributed by atoms with van der Waals surface area (Å²) in [5.41, 5.74) is 0.431. The molecule has 4 nitrogen and oxygen atoms in total. The Morgan fingerprint density at radius 3 is 2.04 bits per heavy atom. The van der Waals surface area contributed by atoms with E-state index in [1.54, 1.807) is 9.80 Å². The van der Waals surface area contributed by atoms with Crippen LogP contribution in [0.1, 0.15) is 0 Å². The fraction of sp³-hybridized carbons (Fsp3) is 0.235. The maximum absolute atomic E-state index is 13.8. The number of hydrogen-bond acceptors (Lipinski definition) is 2. The highest BCUT2D eigenvalue weighted by Crippen LogP contribution is 2.24. The van der Waals surface area contributed by atoms with Crippen LogP contribution in [0.25, 0.3) is 0 Å². The van der Waals surface area contributed by atoms with Crippen molar-refractivity contribution >= 4 is 17.4 Å². The number of nitrogens with zero attached hydrogens (tertiary/aromatic N) is 2. The zero-order valence-corrected chi connectivity index (χ0v) is 12.8. The van der Waals surface area contributed by atoms with Crippen LogP contribution >= 0.6 is 0 Å². The summed E-state index contributed by atoms with van der Waals surface area (Å²) in [6.45, 7) is 1.32. The Balaban J connectivity index is 1.60. The summed E-state index contributed by atoms with van der Waals surface area (Å²) < 4.78 is 40.5. The lowest BCUT2D eigenvalue weighted by Crippen LogP contribution is -2.50. The van der Waals surface area contributed by atoms with Gasteiger partial charge in [-0.3, -0.25) is 0 Å². The Morgan fingerprint density at radius 2 is 1.46 bits per heavy atom. The fourth-order valence-electron chi connectivity index (χ4n) is 2.66. The van der Waals surface area contributed by atoms with Gasteiger partial charge in [0, 0.05) is 31.9 Å². The largest absolute Gasteiger partial charge is 0.363 e. The van der Waals surface area contributed by atoms with Gasteiger partial charge < -0.3 is 15.1 Å². The molecule has 0 bridgehead atoms. The van der Waals surface area contributed by atoms with Gasteiger partial charge in [0.2, 0.25) is 0 Å². The summed E-state index contributed by atoms with van der Waals surface area (Å²) in [4.78, 5) is 15.3. The second-order valence-corrected chi connectivity index (χ2v) is 5.48. The average Bonchev–Trinajstić information content (AvgIpc) is 2.57. The van der Waals surface area contributed by atoms with E-state index < -0.39 is 11.6 Å². The number of para-hydroxylation sites is 1. The highest BCUT2D eigenvalue weighted by molar-refractivity contribution is 5.89. The first-order valence-electron chi connectivity index (χ1n) is 7.55. The summed E-state index contributed by atoms with van der Waals surface area (Å²) in [5, 5.41) is 2.67. The van der Waals surface area contributed by atoms with Crippen molar-refractivity contribution in [3.63, 3.8) is 0 Å². The number of nitrogens with one attached hydrogen (secondary N) is 1. The number of hydrogen-bond donors (Lipinski definition) is 1. The van der Waals surface area contributed by atoms with Crippen molar-refractivity contribution in [3.05, 3.63) is 59.9 Å². The molecule has 1 aliphatic heterocycles. The van der Waals surface area contributed by atoms with Crippen LogP contribution in [0.15, 0.2) is 42.5 Å². The van der Waals surface area contributed by atoms with Gasteiger partial charge in [-0.2, -0.15) is 0 Å². The number of piperazine rings is 1. The lowest BCUT2D eigenvalue weighted by atomic mass is 10.2. The van der Waals surface area contributed by atoms with Crippen LogP contribution in [0.5, 0.6) is 0 Å². The number of rotatable bonds is 2. The normalized spacial score (nSPS) is 14.6. The fourth-order valence-corrected chi connectivity index (χ4v) is 2.66. The quantitative estimate of drug-likeness (QED) is 0.912. The maximum Gasteiger partial charge on any atom is 0.321 e. The van der Waals surface area contributed by atoms with Crippen molar-refractivity contribution in [2.75, 3.05) is 36.4 Å². The molecule has 24 heavy (non-hydrogen) atoms. The van der Waals surface area contributed by atoms with E-state index in [4.69, 9.17) is 0 Å². The third-order valence-electron chi connectivity index (χ3n) is 3.92. The van der Waals surface area contributed by atoms with Crippen LogP contribution in [-0.2, 0) is 0 Å². The molecule has 0 unspecified atom stereocenters. The van der Waals surface area contributed by atoms with Crippen LogP contribution in [0, 0.1) is 17.5 Å². The van der Waals surface area contributed by atoms with Gasteiger partial charge in [-0.05, 0) is 36.4 Å². The molecule has 2 amide bonds. The zero-order chi connectivity index (χ0) is 17.1. The molecule has 1 aliphatic rings. The molecule has 0 saturated carbocycles. The van der Waals surface area contributed by atoms with Gasteiger partial charge in [-0.1, -0.05) is 6.07 Å². The second kappa shape index (κ2) is 6.82. The lowest BCUT2D eigenvalue weighted by Gasteiger charge is -2.36. The van der Waals surface area contributed by atoms with Crippen molar-refractivity contribution in [2.45, 2.75) is 0 Å². The number of benzene rings is 2. The minimum absolute atomic E-state index is 0.0592. The van der Waals surface area contributed by atoms with Crippen LogP contribution in [0.4, 0.5) is 29.3 Å². The highest BCUT2D eigenvalue weighted by atomic mass is 19.1. The molecule has 1 saturated heterocycles. The number of carbonyl (C=O) groups excluding carboxylic acids is 1. The summed E-state index contributed by atoms with van der Waals surface area (Å²) in [5.74, 6) is -1.60. The van der Waals surface area contributed by atoms with Crippen LogP contribution in [0.3, 0.4) is 0 Å². The molecule has 0 aromatic heterocycles. The molecular formula is C17H16F3N3O. The van der Waals surface area contributed by atoms with Crippen molar-refractivity contribution in [3.8, 4) is 0 Å². The van der Waals surface area contributed by atoms with E-state index in [2.05, 4.69) is 5.32 Å². The zero-order valence-electron chi connectivity index (χ0n) is 12.8. The van der Waals surface area contributed by atoms with E-state index in [9.17, 15) is 18.0 Å². The van der Waals surface area contributed by atoms with Gasteiger partial charge >= 0.3 is 6.03 Å². The number of urea groups is 1. The highest BCUT2D eigenvalue weighted by Gasteiger charge is 2.24. The molecule has 2 aromatic carbocycles. The molecule has 0 aliphatic carbocycles. The molecule has 1 heterocycles. The molecule has 0 atom stereocenters. The maximum atomic E-state index is 13.8. The van der Waals surface area contributed by atoms with E-state index in [0.717, 1.165) is 0 Å². The molecule has 7 heteroatoms. The molecule has 2 aromatic rings. The topological polar surface area (TPSA) is 35.6 Å². The summed E-state index contributed by atoms with van der Waals surface area (Å²) >= 11 is 0. The average molecular weight is 335 g/mol. The van der Waals surface area contributed by atoms with E-state index in [-0.39, 0.29) is 17.5 Å². The number of amides is 2. The second-order valence-electron chi connectivity index (χ2n) is 5.48. The molecule has 0 spiro atoms. The Hall–Kier alpha value is -2.70. The Morgan fingerprint density at radius 1 is 0.875 bits per heavy atom. The molecule has 1 fully saturated rings. The third kappa shape index (κ3) is 3.45. The van der Waals surface area contributed by atoms with Crippen LogP contribution < -0.4 is 10.2 Å². The van der Waals surface area contributed by atoms with Gasteiger partial charge in [-0.25, -0.2) is 18.0 Å². The number of anilines is 2. The first-order chi connectivity index (χ1) is 11.5. The van der Waals surface area contributed by atoms with Crippen molar-refractivity contribution < 1.29 is 18.0 Å². The standard InChI is InChI=1S/C17H16F3N3O/c18-12-4-6-13(7-5-12)21-17(24)23-10-8-22(9-11-23)16-14(19)2-1-3-15(16)20/h1-7H,8-11H2,(H,21,24). The predicted molar refractivity (Wildman–Crippen MR) is 85.6 cm³/mol. The van der Waals surface area contributed by atoms with Gasteiger partial charge in [0.05, 0.1) is 0 Å². The van der Waals surface area contributed by atoms with E-state index in [0.29, 0.717) is 31.9 Å². The van der Waals surface area contributed by atoms with Gasteiger partial charge in [0.1, 0.15) is 23.1 Å². The Kier molecular flexibility index (Phi) is 4.59. The Bertz CT molecular complexity index is 708. The Labute approximate surface area is 137 Å². The molecule has 1 N–H and O–H groups in total. The number of carbonyl (C=O) groups is 1. The van der Waals surface area contributed by atoms with E-state index >= 15 is 0 Å². The van der Waals surface area contributed by atoms with Crippen molar-refractivity contribution in [2.24, 2.45) is 0 Å². The molecule has 126 valence electrons. The minimum Gasteiger partial charge on any atom is -0.363 e. The van der Waals surface area contributed by atoms with Crippen molar-refractivity contribution in [1.82, 2.24) is 4.90 Å². The monoisotopic (exact) mass is 335 g/mol. The third-order valence-corrected chi connectivity index (χ3v) is 3.92. The minimum atomic E-state index is -0.612.